The van der Waals surface area contributed by atoms with E-state index < -0.39 is 0 Å². The van der Waals surface area contributed by atoms with Gasteiger partial charge in [0.05, 0.1) is 6.54 Å². The van der Waals surface area contributed by atoms with Gasteiger partial charge in [-0.15, -0.1) is 0 Å². The summed E-state index contributed by atoms with van der Waals surface area (Å²) in [5.74, 6) is 1.54. The summed E-state index contributed by atoms with van der Waals surface area (Å²) in [5.41, 5.74) is 0. The number of aromatic nitrogens is 2. The molecule has 2 N–H and O–H groups in total. The fourth-order valence-corrected chi connectivity index (χ4v) is 1.16. The number of nitrogens with one attached hydrogen (secondary N) is 2. The highest BCUT2D eigenvalue weighted by molar-refractivity contribution is 5.80. The molecule has 1 heterocycles. The maximum absolute atomic E-state index is 10.8. The second-order valence-corrected chi connectivity index (χ2v) is 3.62. The van der Waals surface area contributed by atoms with Crippen molar-refractivity contribution < 1.29 is 4.79 Å². The standard InChI is InChI=1S/C11H18N4O/c1-3-4-5-12-10-6-11(15-8-14-10)13-7-9(2)16/h6,8H,3-5,7H2,1-2H3,(H2,12,13,14,15). The Morgan fingerprint density at radius 2 is 2.00 bits per heavy atom. The van der Waals surface area contributed by atoms with E-state index in [1.165, 1.54) is 13.3 Å². The lowest BCUT2D eigenvalue weighted by Crippen LogP contribution is -2.11. The van der Waals surface area contributed by atoms with Crippen molar-refractivity contribution in [3.8, 4) is 0 Å². The summed E-state index contributed by atoms with van der Waals surface area (Å²) in [6.45, 7) is 4.88. The van der Waals surface area contributed by atoms with Crippen LogP contribution in [-0.2, 0) is 4.79 Å². The molecule has 0 atom stereocenters. The van der Waals surface area contributed by atoms with Crippen LogP contribution in [0.3, 0.4) is 0 Å². The molecule has 0 amide bonds. The van der Waals surface area contributed by atoms with Gasteiger partial charge >= 0.3 is 0 Å². The Kier molecular flexibility index (Phi) is 5.25. The van der Waals surface area contributed by atoms with Crippen LogP contribution >= 0.6 is 0 Å². The van der Waals surface area contributed by atoms with Crippen molar-refractivity contribution in [2.24, 2.45) is 0 Å². The third-order valence-corrected chi connectivity index (χ3v) is 2.02. The number of ketones is 1. The van der Waals surface area contributed by atoms with E-state index in [9.17, 15) is 4.79 Å². The smallest absolute Gasteiger partial charge is 0.148 e. The lowest BCUT2D eigenvalue weighted by molar-refractivity contribution is -0.115. The van der Waals surface area contributed by atoms with Crippen LogP contribution in [0.25, 0.3) is 0 Å². The second-order valence-electron chi connectivity index (χ2n) is 3.62. The van der Waals surface area contributed by atoms with Gasteiger partial charge in [-0.3, -0.25) is 4.79 Å². The van der Waals surface area contributed by atoms with Crippen molar-refractivity contribution in [2.75, 3.05) is 23.7 Å². The Balaban J connectivity index is 2.46. The van der Waals surface area contributed by atoms with Crippen LogP contribution in [0.1, 0.15) is 26.7 Å². The monoisotopic (exact) mass is 222 g/mol. The van der Waals surface area contributed by atoms with E-state index in [-0.39, 0.29) is 5.78 Å². The number of nitrogens with zero attached hydrogens (tertiary/aromatic N) is 2. The molecule has 1 aromatic heterocycles. The number of anilines is 2. The van der Waals surface area contributed by atoms with Gasteiger partial charge in [-0.25, -0.2) is 9.97 Å². The molecule has 0 fully saturated rings. The first kappa shape index (κ1) is 12.4. The first-order valence-corrected chi connectivity index (χ1v) is 5.51. The van der Waals surface area contributed by atoms with Crippen molar-refractivity contribution in [3.05, 3.63) is 12.4 Å². The highest BCUT2D eigenvalue weighted by atomic mass is 16.1. The fraction of sp³-hybridized carbons (Fsp3) is 0.545. The molecule has 0 aliphatic rings. The molecule has 88 valence electrons. The highest BCUT2D eigenvalue weighted by Crippen LogP contribution is 2.08. The molecule has 0 spiro atoms. The Bertz CT molecular complexity index is 341. The molecule has 1 rings (SSSR count). The van der Waals surface area contributed by atoms with Crippen LogP contribution in [0.2, 0.25) is 0 Å². The van der Waals surface area contributed by atoms with Crippen LogP contribution in [0.4, 0.5) is 11.6 Å². The average Bonchev–Trinajstić information content (AvgIpc) is 2.27. The molecule has 5 heteroatoms. The summed E-state index contributed by atoms with van der Waals surface area (Å²) in [4.78, 5) is 18.9. The van der Waals surface area contributed by atoms with Crippen LogP contribution < -0.4 is 10.6 Å². The molecule has 0 unspecified atom stereocenters. The van der Waals surface area contributed by atoms with Gasteiger partial charge in [-0.2, -0.15) is 0 Å². The molecule has 0 aliphatic heterocycles. The summed E-state index contributed by atoms with van der Waals surface area (Å²) >= 11 is 0. The fourth-order valence-electron chi connectivity index (χ4n) is 1.16. The minimum atomic E-state index is 0.0825. The van der Waals surface area contributed by atoms with Crippen LogP contribution in [0.5, 0.6) is 0 Å². The van der Waals surface area contributed by atoms with Crippen molar-refractivity contribution in [2.45, 2.75) is 26.7 Å². The van der Waals surface area contributed by atoms with Gasteiger partial charge in [0, 0.05) is 12.6 Å². The van der Waals surface area contributed by atoms with Crippen molar-refractivity contribution in [1.29, 1.82) is 0 Å². The van der Waals surface area contributed by atoms with E-state index in [2.05, 4.69) is 27.5 Å². The first-order valence-electron chi connectivity index (χ1n) is 5.51. The Hall–Kier alpha value is -1.65. The third-order valence-electron chi connectivity index (χ3n) is 2.02. The molecule has 16 heavy (non-hydrogen) atoms. The molecule has 0 saturated carbocycles. The van der Waals surface area contributed by atoms with Gasteiger partial charge in [-0.1, -0.05) is 13.3 Å². The maximum Gasteiger partial charge on any atom is 0.148 e. The van der Waals surface area contributed by atoms with E-state index in [4.69, 9.17) is 0 Å². The summed E-state index contributed by atoms with van der Waals surface area (Å²) in [6, 6.07) is 1.80. The Morgan fingerprint density at radius 3 is 2.62 bits per heavy atom. The number of carbonyl (C=O) groups is 1. The van der Waals surface area contributed by atoms with E-state index in [1.807, 2.05) is 0 Å². The minimum absolute atomic E-state index is 0.0825. The Labute approximate surface area is 95.7 Å². The quantitative estimate of drug-likeness (QED) is 0.687. The van der Waals surface area contributed by atoms with Gasteiger partial charge in [0.1, 0.15) is 23.7 Å². The second kappa shape index (κ2) is 6.76. The van der Waals surface area contributed by atoms with E-state index >= 15 is 0 Å². The van der Waals surface area contributed by atoms with Crippen LogP contribution in [0.15, 0.2) is 12.4 Å². The predicted octanol–water partition coefficient (Wildman–Crippen LogP) is 1.69. The number of rotatable bonds is 7. The largest absolute Gasteiger partial charge is 0.370 e. The minimum Gasteiger partial charge on any atom is -0.370 e. The molecule has 5 nitrogen and oxygen atoms in total. The van der Waals surface area contributed by atoms with Gasteiger partial charge in [-0.05, 0) is 13.3 Å². The van der Waals surface area contributed by atoms with E-state index in [0.717, 1.165) is 25.2 Å². The third kappa shape index (κ3) is 4.72. The van der Waals surface area contributed by atoms with Crippen molar-refractivity contribution in [3.63, 3.8) is 0 Å². The molecule has 0 radical (unpaired) electrons. The van der Waals surface area contributed by atoms with Gasteiger partial charge in [0.25, 0.3) is 0 Å². The normalized spacial score (nSPS) is 9.88. The summed E-state index contributed by atoms with van der Waals surface area (Å²) in [6.07, 6.45) is 3.74. The number of carbonyl (C=O) groups excluding carboxylic acids is 1. The van der Waals surface area contributed by atoms with Gasteiger partial charge in [0.15, 0.2) is 0 Å². The summed E-state index contributed by atoms with van der Waals surface area (Å²) < 4.78 is 0. The summed E-state index contributed by atoms with van der Waals surface area (Å²) in [7, 11) is 0. The molecule has 0 aromatic carbocycles. The first-order chi connectivity index (χ1) is 7.72. The predicted molar refractivity (Wildman–Crippen MR) is 64.6 cm³/mol. The SMILES string of the molecule is CCCCNc1cc(NCC(C)=O)ncn1. The van der Waals surface area contributed by atoms with Crippen molar-refractivity contribution >= 4 is 17.4 Å². The zero-order valence-corrected chi connectivity index (χ0v) is 9.79. The number of hydrogen-bond donors (Lipinski definition) is 2. The Morgan fingerprint density at radius 1 is 1.31 bits per heavy atom. The number of hydrogen-bond acceptors (Lipinski definition) is 5. The molecular weight excluding hydrogens is 204 g/mol. The van der Waals surface area contributed by atoms with Crippen LogP contribution in [-0.4, -0.2) is 28.8 Å². The number of Topliss-reactive ketones (excluding diaryl/α,β-unsaturated/α-hetero) is 1. The summed E-state index contributed by atoms with van der Waals surface area (Å²) in [5, 5.41) is 6.13. The average molecular weight is 222 g/mol. The number of unbranched alkanes of at least 4 members (excludes halogenated alkanes) is 1. The lowest BCUT2D eigenvalue weighted by Gasteiger charge is -2.06. The van der Waals surface area contributed by atoms with E-state index in [1.54, 1.807) is 6.07 Å². The molecule has 1 aromatic rings. The van der Waals surface area contributed by atoms with E-state index in [0.29, 0.717) is 12.4 Å². The van der Waals surface area contributed by atoms with Crippen LogP contribution in [0, 0.1) is 0 Å². The maximum atomic E-state index is 10.8. The highest BCUT2D eigenvalue weighted by Gasteiger charge is 1.98. The zero-order valence-electron chi connectivity index (χ0n) is 9.79. The van der Waals surface area contributed by atoms with Crippen molar-refractivity contribution in [1.82, 2.24) is 9.97 Å². The molecular formula is C11H18N4O. The molecule has 0 saturated heterocycles. The van der Waals surface area contributed by atoms with Gasteiger partial charge < -0.3 is 10.6 Å². The molecule has 0 aliphatic carbocycles. The molecule has 0 bridgehead atoms. The lowest BCUT2D eigenvalue weighted by atomic mass is 10.3. The topological polar surface area (TPSA) is 66.9 Å². The zero-order chi connectivity index (χ0) is 11.8. The van der Waals surface area contributed by atoms with Gasteiger partial charge in [0.2, 0.25) is 0 Å².